The molecule has 4 N–H and O–H groups in total. The maximum absolute atomic E-state index is 12.6. The van der Waals surface area contributed by atoms with Crippen molar-refractivity contribution in [3.63, 3.8) is 0 Å². The number of rotatable bonds is 8. The van der Waals surface area contributed by atoms with Crippen LogP contribution in [0, 0.1) is 0 Å². The van der Waals surface area contributed by atoms with Crippen LogP contribution < -0.4 is 10.6 Å². The third kappa shape index (κ3) is 5.71. The second-order valence-corrected chi connectivity index (χ2v) is 5.54. The molecule has 0 unspecified atom stereocenters. The lowest BCUT2D eigenvalue weighted by Crippen LogP contribution is -2.51. The minimum atomic E-state index is -1.02. The molecule has 0 fully saturated rings. The second-order valence-electron chi connectivity index (χ2n) is 5.54. The van der Waals surface area contributed by atoms with E-state index in [0.29, 0.717) is 12.0 Å². The summed E-state index contributed by atoms with van der Waals surface area (Å²) in [6.07, 6.45) is 0.186. The van der Waals surface area contributed by atoms with E-state index in [2.05, 4.69) is 10.6 Å². The number of carbonyl (C=O) groups excluding carboxylic acids is 2. The van der Waals surface area contributed by atoms with Gasteiger partial charge in [-0.25, -0.2) is 0 Å². The second kappa shape index (κ2) is 8.28. The first-order valence-corrected chi connectivity index (χ1v) is 7.30. The van der Waals surface area contributed by atoms with Crippen molar-refractivity contribution >= 4 is 17.8 Å². The normalized spacial score (nSPS) is 14.4. The number of hydrogen-bond acceptors (Lipinski definition) is 4. The highest BCUT2D eigenvalue weighted by atomic mass is 16.4. The van der Waals surface area contributed by atoms with E-state index < -0.39 is 36.0 Å². The largest absolute Gasteiger partial charge is 0.481 e. The topological polar surface area (TPSA) is 116 Å². The molecule has 2 atom stereocenters. The molecule has 0 spiro atoms. The molecule has 1 aromatic rings. The number of aliphatic hydroxyl groups is 1. The van der Waals surface area contributed by atoms with Crippen LogP contribution in [-0.2, 0) is 14.4 Å². The van der Waals surface area contributed by atoms with Crippen molar-refractivity contribution in [1.82, 2.24) is 10.6 Å². The van der Waals surface area contributed by atoms with Gasteiger partial charge in [-0.1, -0.05) is 37.3 Å². The summed E-state index contributed by atoms with van der Waals surface area (Å²) >= 11 is 0. The summed E-state index contributed by atoms with van der Waals surface area (Å²) in [6, 6.07) is 7.54. The molecule has 0 aromatic heterocycles. The van der Waals surface area contributed by atoms with Gasteiger partial charge in [-0.05, 0) is 18.9 Å². The quantitative estimate of drug-likeness (QED) is 0.559. The molecule has 0 radical (unpaired) electrons. The first-order chi connectivity index (χ1) is 10.8. The van der Waals surface area contributed by atoms with Gasteiger partial charge in [0.05, 0.1) is 6.42 Å². The first-order valence-electron chi connectivity index (χ1n) is 7.30. The zero-order valence-corrected chi connectivity index (χ0v) is 13.2. The third-order valence-electron chi connectivity index (χ3n) is 3.59. The van der Waals surface area contributed by atoms with Crippen LogP contribution in [0.5, 0.6) is 0 Å². The molecule has 0 aliphatic rings. The van der Waals surface area contributed by atoms with Crippen LogP contribution in [0.25, 0.3) is 0 Å². The number of nitrogens with one attached hydrogen (secondary N) is 2. The average Bonchev–Trinajstić information content (AvgIpc) is 2.52. The van der Waals surface area contributed by atoms with Crippen molar-refractivity contribution in [1.29, 1.82) is 0 Å². The maximum Gasteiger partial charge on any atom is 0.305 e. The van der Waals surface area contributed by atoms with Crippen LogP contribution in [0.1, 0.15) is 38.3 Å². The van der Waals surface area contributed by atoms with Crippen molar-refractivity contribution in [2.45, 2.75) is 38.3 Å². The Kier molecular flexibility index (Phi) is 6.71. The van der Waals surface area contributed by atoms with Crippen LogP contribution >= 0.6 is 0 Å². The zero-order chi connectivity index (χ0) is 17.5. The van der Waals surface area contributed by atoms with Crippen molar-refractivity contribution in [2.75, 3.05) is 6.61 Å². The Bertz CT molecular complexity index is 561. The molecule has 0 bridgehead atoms. The number of carboxylic acids is 1. The molecular weight excluding hydrogens is 300 g/mol. The van der Waals surface area contributed by atoms with Crippen LogP contribution in [0.3, 0.4) is 0 Å². The summed E-state index contributed by atoms with van der Waals surface area (Å²) in [5, 5.41) is 23.0. The fourth-order valence-corrected chi connectivity index (χ4v) is 2.11. The number of aliphatic carboxylic acids is 1. The van der Waals surface area contributed by atoms with E-state index in [9.17, 15) is 14.4 Å². The summed E-state index contributed by atoms with van der Waals surface area (Å²) in [5.41, 5.74) is -0.388. The van der Waals surface area contributed by atoms with Gasteiger partial charge in [0.2, 0.25) is 11.8 Å². The van der Waals surface area contributed by atoms with Crippen molar-refractivity contribution in [3.05, 3.63) is 35.9 Å². The molecule has 0 saturated carbocycles. The predicted molar refractivity (Wildman–Crippen MR) is 83.5 cm³/mol. The fraction of sp³-hybridized carbons (Fsp3) is 0.438. The van der Waals surface area contributed by atoms with E-state index >= 15 is 0 Å². The lowest BCUT2D eigenvalue weighted by molar-refractivity contribution is -0.139. The molecule has 0 heterocycles. The first kappa shape index (κ1) is 18.6. The van der Waals surface area contributed by atoms with E-state index in [1.165, 1.54) is 0 Å². The molecule has 0 saturated heterocycles. The Balaban J connectivity index is 2.99. The van der Waals surface area contributed by atoms with Gasteiger partial charge in [0.1, 0.15) is 12.6 Å². The van der Waals surface area contributed by atoms with E-state index in [1.54, 1.807) is 44.2 Å². The number of aliphatic hydroxyl groups excluding tert-OH is 1. The van der Waals surface area contributed by atoms with Crippen LogP contribution in [-0.4, -0.2) is 40.1 Å². The van der Waals surface area contributed by atoms with Gasteiger partial charge >= 0.3 is 5.97 Å². The van der Waals surface area contributed by atoms with Gasteiger partial charge in [0, 0.05) is 5.54 Å². The Morgan fingerprint density at radius 3 is 2.30 bits per heavy atom. The summed E-state index contributed by atoms with van der Waals surface area (Å²) in [5.74, 6) is -2.24. The monoisotopic (exact) mass is 322 g/mol. The van der Waals surface area contributed by atoms with Crippen LogP contribution in [0.4, 0.5) is 0 Å². The summed E-state index contributed by atoms with van der Waals surface area (Å²) in [6.45, 7) is 2.67. The highest BCUT2D eigenvalue weighted by molar-refractivity contribution is 5.89. The molecule has 126 valence electrons. The van der Waals surface area contributed by atoms with Gasteiger partial charge in [0.15, 0.2) is 0 Å². The van der Waals surface area contributed by atoms with Gasteiger partial charge in [-0.15, -0.1) is 0 Å². The minimum absolute atomic E-state index is 0.231. The predicted octanol–water partition coefficient (Wildman–Crippen LogP) is 0.596. The van der Waals surface area contributed by atoms with E-state index in [-0.39, 0.29) is 6.42 Å². The van der Waals surface area contributed by atoms with Gasteiger partial charge in [-0.2, -0.15) is 0 Å². The van der Waals surface area contributed by atoms with Gasteiger partial charge in [0.25, 0.3) is 0 Å². The fourth-order valence-electron chi connectivity index (χ4n) is 2.11. The Morgan fingerprint density at radius 2 is 1.83 bits per heavy atom. The van der Waals surface area contributed by atoms with Crippen LogP contribution in [0.15, 0.2) is 30.3 Å². The Labute approximate surface area is 134 Å². The Hall–Kier alpha value is -2.41. The lowest BCUT2D eigenvalue weighted by Gasteiger charge is -2.30. The lowest BCUT2D eigenvalue weighted by atomic mass is 9.93. The molecule has 1 rings (SSSR count). The summed E-state index contributed by atoms with van der Waals surface area (Å²) in [4.78, 5) is 35.0. The maximum atomic E-state index is 12.6. The Morgan fingerprint density at radius 1 is 1.22 bits per heavy atom. The van der Waals surface area contributed by atoms with Crippen molar-refractivity contribution < 1.29 is 24.6 Å². The van der Waals surface area contributed by atoms with Crippen molar-refractivity contribution in [2.24, 2.45) is 0 Å². The van der Waals surface area contributed by atoms with E-state index in [1.807, 2.05) is 0 Å². The smallest absolute Gasteiger partial charge is 0.305 e. The van der Waals surface area contributed by atoms with Crippen LogP contribution in [0.2, 0.25) is 0 Å². The summed E-state index contributed by atoms with van der Waals surface area (Å²) in [7, 11) is 0. The SMILES string of the molecule is CC[C@@](C)(CC(=O)O)NC(=O)[C@H](NC(=O)CO)c1ccccc1. The number of hydrogen-bond donors (Lipinski definition) is 4. The summed E-state index contributed by atoms with van der Waals surface area (Å²) < 4.78 is 0. The zero-order valence-electron chi connectivity index (χ0n) is 13.2. The van der Waals surface area contributed by atoms with Gasteiger partial charge < -0.3 is 20.8 Å². The third-order valence-corrected chi connectivity index (χ3v) is 3.59. The molecular formula is C16H22N2O5. The van der Waals surface area contributed by atoms with E-state index in [4.69, 9.17) is 10.2 Å². The molecule has 0 aliphatic carbocycles. The van der Waals surface area contributed by atoms with Crippen molar-refractivity contribution in [3.8, 4) is 0 Å². The van der Waals surface area contributed by atoms with Gasteiger partial charge in [-0.3, -0.25) is 14.4 Å². The average molecular weight is 322 g/mol. The molecule has 23 heavy (non-hydrogen) atoms. The molecule has 7 heteroatoms. The highest BCUT2D eigenvalue weighted by Gasteiger charge is 2.31. The highest BCUT2D eigenvalue weighted by Crippen LogP contribution is 2.19. The number of carbonyl (C=O) groups is 3. The standard InChI is InChI=1S/C16H22N2O5/c1-3-16(2,9-13(21)22)18-15(23)14(17-12(20)10-19)11-7-5-4-6-8-11/h4-8,14,19H,3,9-10H2,1-2H3,(H,17,20)(H,18,23)(H,21,22)/t14-,16+/m1/s1. The number of carboxylic acid groups (broad SMARTS) is 1. The molecule has 1 aromatic carbocycles. The van der Waals surface area contributed by atoms with E-state index in [0.717, 1.165) is 0 Å². The molecule has 0 aliphatic heterocycles. The molecule has 2 amide bonds. The minimum Gasteiger partial charge on any atom is -0.481 e. The number of amides is 2. The molecule has 7 nitrogen and oxygen atoms in total. The number of benzene rings is 1.